The third-order valence-electron chi connectivity index (χ3n) is 5.53. The summed E-state index contributed by atoms with van der Waals surface area (Å²) in [5, 5.41) is 0. The van der Waals surface area contributed by atoms with Gasteiger partial charge in [-0.25, -0.2) is 4.58 Å². The van der Waals surface area contributed by atoms with Gasteiger partial charge in [-0.1, -0.05) is 25.5 Å². The van der Waals surface area contributed by atoms with Crippen molar-refractivity contribution in [2.75, 3.05) is 13.6 Å². The lowest BCUT2D eigenvalue weighted by molar-refractivity contribution is -0.501. The van der Waals surface area contributed by atoms with Crippen molar-refractivity contribution < 1.29 is 62.5 Å². The van der Waals surface area contributed by atoms with E-state index in [1.807, 2.05) is 12.2 Å². The minimum absolute atomic E-state index is 0. The van der Waals surface area contributed by atoms with Crippen LogP contribution in [0.5, 0.6) is 5.75 Å². The van der Waals surface area contributed by atoms with Gasteiger partial charge in [0, 0.05) is 23.1 Å². The van der Waals surface area contributed by atoms with Crippen LogP contribution in [0.3, 0.4) is 0 Å². The molecule has 2 aromatic carbocycles. The number of fused-ring (bicyclic) bond motifs is 2. The maximum Gasteiger partial charge on any atom is 0.416 e. The lowest BCUT2D eigenvalue weighted by Crippen LogP contribution is -3.00. The summed E-state index contributed by atoms with van der Waals surface area (Å²) in [7, 11) is 2.05. The van der Waals surface area contributed by atoms with E-state index in [0.29, 0.717) is 12.5 Å². The van der Waals surface area contributed by atoms with Crippen molar-refractivity contribution in [1.82, 2.24) is 0 Å². The summed E-state index contributed by atoms with van der Waals surface area (Å²) in [6, 6.07) is 9.41. The first-order valence-corrected chi connectivity index (χ1v) is 9.77. The van der Waals surface area contributed by atoms with Crippen LogP contribution in [0.4, 0.5) is 13.2 Å². The summed E-state index contributed by atoms with van der Waals surface area (Å²) in [6.45, 7) is 3.48. The highest BCUT2D eigenvalue weighted by molar-refractivity contribution is 6.09. The summed E-state index contributed by atoms with van der Waals surface area (Å²) >= 11 is 0. The molecule has 0 aliphatic carbocycles. The molecule has 5 nitrogen and oxygen atoms in total. The van der Waals surface area contributed by atoms with Crippen LogP contribution in [0.2, 0.25) is 0 Å². The van der Waals surface area contributed by atoms with Gasteiger partial charge >= 0.3 is 6.18 Å². The van der Waals surface area contributed by atoms with Gasteiger partial charge in [-0.05, 0) is 47.9 Å². The second-order valence-corrected chi connectivity index (χ2v) is 7.60. The number of likely N-dealkylation sites (N-methyl/N-ethyl adjacent to an activating group) is 1. The van der Waals surface area contributed by atoms with Crippen LogP contribution < -0.4 is 28.9 Å². The minimum atomic E-state index is -4.32. The van der Waals surface area contributed by atoms with Crippen molar-refractivity contribution in [2.45, 2.75) is 38.5 Å². The summed E-state index contributed by atoms with van der Waals surface area (Å²) in [5.74, 6) is 1.18. The SMILES string of the molecule is CCCC1C[N+](C)=C(/C=C/c2ccc(C(F)(F)F)cc2)c2cc3c(cc21)OOC3.O.O.[I-]. The highest BCUT2D eigenvalue weighted by Gasteiger charge is 2.32. The fourth-order valence-corrected chi connectivity index (χ4v) is 4.05. The molecule has 0 spiro atoms. The monoisotopic (exact) mass is 565 g/mol. The van der Waals surface area contributed by atoms with E-state index in [0.717, 1.165) is 59.7 Å². The standard InChI is InChI=1S/C23H23F3NO2.HI.2H2O/c1-3-4-16-13-27(2)21(20-11-17-14-28-29-22(17)12-19(16)20)10-7-15-5-8-18(9-6-15)23(24,25)26;;;/h5-12,16H,3-4,13-14H2,1-2H3;1H;2*1H2/q+1;;;/p-1/b10-7+;;;. The van der Waals surface area contributed by atoms with Crippen molar-refractivity contribution in [3.63, 3.8) is 0 Å². The molecule has 0 aromatic heterocycles. The number of halogens is 4. The molecule has 9 heteroatoms. The summed E-state index contributed by atoms with van der Waals surface area (Å²) in [6.07, 6.45) is 1.68. The smallest absolute Gasteiger partial charge is 0.416 e. The maximum absolute atomic E-state index is 12.8. The molecule has 2 aromatic rings. The van der Waals surface area contributed by atoms with Gasteiger partial charge in [0.1, 0.15) is 20.2 Å². The first kappa shape index (κ1) is 28.1. The van der Waals surface area contributed by atoms with Gasteiger partial charge in [0.25, 0.3) is 0 Å². The first-order chi connectivity index (χ1) is 13.9. The predicted molar refractivity (Wildman–Crippen MR) is 112 cm³/mol. The number of benzene rings is 2. The molecule has 1 unspecified atom stereocenters. The number of hydrogen-bond donors (Lipinski definition) is 0. The maximum atomic E-state index is 12.8. The summed E-state index contributed by atoms with van der Waals surface area (Å²) in [4.78, 5) is 10.4. The molecule has 2 aliphatic rings. The molecule has 1 atom stereocenters. The normalized spacial score (nSPS) is 17.0. The third kappa shape index (κ3) is 5.69. The Labute approximate surface area is 202 Å². The zero-order valence-corrected chi connectivity index (χ0v) is 20.0. The second kappa shape index (κ2) is 11.3. The number of allylic oxidation sites excluding steroid dienone is 1. The molecule has 0 saturated heterocycles. The van der Waals surface area contributed by atoms with Crippen LogP contribution in [0.25, 0.3) is 6.08 Å². The van der Waals surface area contributed by atoms with Crippen LogP contribution in [0, 0.1) is 0 Å². The summed E-state index contributed by atoms with van der Waals surface area (Å²) in [5.41, 5.74) is 4.51. The van der Waals surface area contributed by atoms with Gasteiger partial charge in [0.15, 0.2) is 5.75 Å². The lowest BCUT2D eigenvalue weighted by Gasteiger charge is -2.23. The first-order valence-electron chi connectivity index (χ1n) is 9.77. The molecular weight excluding hydrogens is 538 g/mol. The fourth-order valence-electron chi connectivity index (χ4n) is 4.05. The van der Waals surface area contributed by atoms with E-state index in [1.54, 1.807) is 0 Å². The number of hydrogen-bond acceptors (Lipinski definition) is 2. The zero-order valence-electron chi connectivity index (χ0n) is 17.8. The van der Waals surface area contributed by atoms with Crippen molar-refractivity contribution in [3.8, 4) is 5.75 Å². The van der Waals surface area contributed by atoms with Gasteiger partial charge in [-0.3, -0.25) is 0 Å². The molecule has 0 fully saturated rings. The van der Waals surface area contributed by atoms with Crippen molar-refractivity contribution in [2.24, 2.45) is 0 Å². The number of rotatable bonds is 4. The Morgan fingerprint density at radius 1 is 1.09 bits per heavy atom. The average Bonchev–Trinajstić information content (AvgIpc) is 3.14. The van der Waals surface area contributed by atoms with Crippen molar-refractivity contribution in [3.05, 3.63) is 70.3 Å². The van der Waals surface area contributed by atoms with Gasteiger partial charge < -0.3 is 39.8 Å². The van der Waals surface area contributed by atoms with Crippen molar-refractivity contribution >= 4 is 11.8 Å². The Kier molecular flexibility index (Phi) is 9.88. The van der Waals surface area contributed by atoms with Crippen LogP contribution in [0.15, 0.2) is 42.5 Å². The number of alkyl halides is 3. The highest BCUT2D eigenvalue weighted by Crippen LogP contribution is 2.37. The Hall–Kier alpha value is -1.95. The van der Waals surface area contributed by atoms with Gasteiger partial charge in [0.05, 0.1) is 5.56 Å². The lowest BCUT2D eigenvalue weighted by atomic mass is 9.84. The molecule has 0 saturated carbocycles. The third-order valence-corrected chi connectivity index (χ3v) is 5.53. The Morgan fingerprint density at radius 3 is 2.41 bits per heavy atom. The number of nitrogens with zero attached hydrogens (tertiary/aromatic N) is 1. The van der Waals surface area contributed by atoms with E-state index in [1.165, 1.54) is 17.7 Å². The Balaban J connectivity index is 0.00000171. The van der Waals surface area contributed by atoms with E-state index in [4.69, 9.17) is 9.78 Å². The molecule has 2 heterocycles. The van der Waals surface area contributed by atoms with Crippen LogP contribution >= 0.6 is 0 Å². The zero-order chi connectivity index (χ0) is 20.6. The molecule has 4 rings (SSSR count). The van der Waals surface area contributed by atoms with E-state index in [9.17, 15) is 13.2 Å². The molecule has 0 bridgehead atoms. The van der Waals surface area contributed by atoms with Crippen LogP contribution in [-0.2, 0) is 17.7 Å². The second-order valence-electron chi connectivity index (χ2n) is 7.60. The van der Waals surface area contributed by atoms with E-state index in [2.05, 4.69) is 30.7 Å². The van der Waals surface area contributed by atoms with Crippen LogP contribution in [-0.4, -0.2) is 34.8 Å². The fraction of sp³-hybridized carbons (Fsp3) is 0.348. The predicted octanol–water partition coefficient (Wildman–Crippen LogP) is 0.926. The van der Waals surface area contributed by atoms with E-state index < -0.39 is 11.7 Å². The Morgan fingerprint density at radius 2 is 1.78 bits per heavy atom. The quantitative estimate of drug-likeness (QED) is 0.314. The topological polar surface area (TPSA) is 84.5 Å². The molecular formula is C23H27F3INO4. The molecule has 4 N–H and O–H groups in total. The van der Waals surface area contributed by atoms with Gasteiger partial charge in [-0.2, -0.15) is 18.1 Å². The molecule has 0 amide bonds. The largest absolute Gasteiger partial charge is 1.00 e. The van der Waals surface area contributed by atoms with Crippen molar-refractivity contribution in [1.29, 1.82) is 0 Å². The molecule has 0 radical (unpaired) electrons. The van der Waals surface area contributed by atoms with Crippen LogP contribution in [0.1, 0.15) is 53.5 Å². The summed E-state index contributed by atoms with van der Waals surface area (Å²) < 4.78 is 40.5. The van der Waals surface area contributed by atoms with Gasteiger partial charge in [0.2, 0.25) is 5.71 Å². The molecule has 32 heavy (non-hydrogen) atoms. The van der Waals surface area contributed by atoms with Gasteiger partial charge in [-0.15, -0.1) is 0 Å². The van der Waals surface area contributed by atoms with E-state index >= 15 is 0 Å². The highest BCUT2D eigenvalue weighted by atomic mass is 127. The molecule has 2 aliphatic heterocycles. The average molecular weight is 565 g/mol. The molecule has 176 valence electrons. The minimum Gasteiger partial charge on any atom is -1.00 e. The Bertz CT molecular complexity index is 988. The van der Waals surface area contributed by atoms with E-state index in [-0.39, 0.29) is 34.9 Å².